The zero-order chi connectivity index (χ0) is 20.8. The molecular weight excluding hydrogens is 404 g/mol. The van der Waals surface area contributed by atoms with Crippen LogP contribution in [0.15, 0.2) is 53.4 Å². The zero-order valence-electron chi connectivity index (χ0n) is 15.5. The van der Waals surface area contributed by atoms with Gasteiger partial charge in [0.15, 0.2) is 9.84 Å². The number of carbonyl (C=O) groups is 1. The van der Waals surface area contributed by atoms with Crippen molar-refractivity contribution >= 4 is 31.5 Å². The van der Waals surface area contributed by atoms with Crippen LogP contribution < -0.4 is 14.8 Å². The van der Waals surface area contributed by atoms with Crippen LogP contribution in [-0.2, 0) is 19.9 Å². The van der Waals surface area contributed by atoms with Gasteiger partial charge in [0.2, 0.25) is 0 Å². The molecule has 0 spiro atoms. The molecule has 0 aromatic heterocycles. The van der Waals surface area contributed by atoms with Crippen molar-refractivity contribution in [3.63, 3.8) is 0 Å². The Morgan fingerprint density at radius 3 is 2.43 bits per heavy atom. The molecule has 0 atom stereocenters. The van der Waals surface area contributed by atoms with E-state index in [1.54, 1.807) is 24.3 Å². The maximum atomic E-state index is 12.7. The Bertz CT molecular complexity index is 1050. The van der Waals surface area contributed by atoms with E-state index in [9.17, 15) is 21.6 Å². The van der Waals surface area contributed by atoms with Crippen molar-refractivity contribution in [2.45, 2.75) is 11.8 Å². The van der Waals surface area contributed by atoms with Crippen LogP contribution >= 0.6 is 0 Å². The Morgan fingerprint density at radius 1 is 1.04 bits per heavy atom. The third kappa shape index (κ3) is 5.70. The number of sulfone groups is 1. The minimum Gasteiger partial charge on any atom is -0.495 e. The molecule has 0 saturated heterocycles. The quantitative estimate of drug-likeness (QED) is 0.629. The van der Waals surface area contributed by atoms with Gasteiger partial charge in [-0.3, -0.25) is 9.52 Å². The van der Waals surface area contributed by atoms with Crippen LogP contribution in [0.5, 0.6) is 5.75 Å². The first kappa shape index (κ1) is 21.7. The predicted octanol–water partition coefficient (Wildman–Crippen LogP) is 1.66. The summed E-state index contributed by atoms with van der Waals surface area (Å²) in [5, 5.41) is 2.48. The highest BCUT2D eigenvalue weighted by Crippen LogP contribution is 2.26. The SMILES string of the molecule is CCS(=O)(=O)CCNC(=O)c1cccc(S(=O)(=O)Nc2ccccc2OC)c1. The van der Waals surface area contributed by atoms with E-state index in [1.807, 2.05) is 0 Å². The van der Waals surface area contributed by atoms with Crippen LogP contribution in [0, 0.1) is 0 Å². The molecule has 10 heteroatoms. The van der Waals surface area contributed by atoms with Gasteiger partial charge in [-0.05, 0) is 30.3 Å². The van der Waals surface area contributed by atoms with E-state index >= 15 is 0 Å². The number of amides is 1. The van der Waals surface area contributed by atoms with E-state index in [0.29, 0.717) is 5.75 Å². The number of benzene rings is 2. The highest BCUT2D eigenvalue weighted by molar-refractivity contribution is 7.92. The van der Waals surface area contributed by atoms with Crippen LogP contribution in [-0.4, -0.2) is 47.9 Å². The molecule has 0 fully saturated rings. The number of hydrogen-bond donors (Lipinski definition) is 2. The van der Waals surface area contributed by atoms with Gasteiger partial charge in [0.25, 0.3) is 15.9 Å². The fourth-order valence-corrected chi connectivity index (χ4v) is 4.12. The second-order valence-electron chi connectivity index (χ2n) is 5.83. The van der Waals surface area contributed by atoms with Crippen LogP contribution in [0.3, 0.4) is 0 Å². The minimum atomic E-state index is -3.96. The molecule has 0 heterocycles. The molecule has 8 nitrogen and oxygen atoms in total. The number of ether oxygens (including phenoxy) is 1. The molecule has 0 aliphatic carbocycles. The lowest BCUT2D eigenvalue weighted by Gasteiger charge is -2.12. The number of methoxy groups -OCH3 is 1. The zero-order valence-corrected chi connectivity index (χ0v) is 17.1. The fourth-order valence-electron chi connectivity index (χ4n) is 2.30. The molecular formula is C18H22N2O6S2. The topological polar surface area (TPSA) is 119 Å². The highest BCUT2D eigenvalue weighted by Gasteiger charge is 2.18. The van der Waals surface area contributed by atoms with Crippen LogP contribution in [0.25, 0.3) is 0 Å². The molecule has 28 heavy (non-hydrogen) atoms. The first-order valence-electron chi connectivity index (χ1n) is 8.43. The number of sulfonamides is 1. The van der Waals surface area contributed by atoms with Crippen molar-refractivity contribution in [2.75, 3.05) is 29.9 Å². The lowest BCUT2D eigenvalue weighted by Crippen LogP contribution is -2.29. The summed E-state index contributed by atoms with van der Waals surface area (Å²) in [6.45, 7) is 1.48. The van der Waals surface area contributed by atoms with E-state index in [2.05, 4.69) is 10.0 Å². The lowest BCUT2D eigenvalue weighted by atomic mass is 10.2. The highest BCUT2D eigenvalue weighted by atomic mass is 32.2. The number of nitrogens with one attached hydrogen (secondary N) is 2. The predicted molar refractivity (Wildman–Crippen MR) is 107 cm³/mol. The van der Waals surface area contributed by atoms with Crippen LogP contribution in [0.2, 0.25) is 0 Å². The summed E-state index contributed by atoms with van der Waals surface area (Å²) < 4.78 is 55.8. The Morgan fingerprint density at radius 2 is 1.75 bits per heavy atom. The maximum Gasteiger partial charge on any atom is 0.262 e. The van der Waals surface area contributed by atoms with Crippen molar-refractivity contribution in [1.29, 1.82) is 0 Å². The summed E-state index contributed by atoms with van der Waals surface area (Å²) in [4.78, 5) is 12.1. The maximum absolute atomic E-state index is 12.7. The van der Waals surface area contributed by atoms with E-state index in [1.165, 1.54) is 38.3 Å². The molecule has 0 unspecified atom stereocenters. The number of rotatable bonds is 9. The molecule has 152 valence electrons. The Labute approximate surface area is 164 Å². The van der Waals surface area contributed by atoms with Gasteiger partial charge in [0, 0.05) is 17.9 Å². The summed E-state index contributed by atoms with van der Waals surface area (Å²) in [5.41, 5.74) is 0.376. The van der Waals surface area contributed by atoms with E-state index < -0.39 is 25.8 Å². The van der Waals surface area contributed by atoms with Gasteiger partial charge in [-0.2, -0.15) is 0 Å². The largest absolute Gasteiger partial charge is 0.495 e. The summed E-state index contributed by atoms with van der Waals surface area (Å²) in [7, 11) is -5.73. The van der Waals surface area contributed by atoms with Gasteiger partial charge < -0.3 is 10.1 Å². The van der Waals surface area contributed by atoms with Crippen molar-refractivity contribution in [2.24, 2.45) is 0 Å². The van der Waals surface area contributed by atoms with Gasteiger partial charge in [-0.1, -0.05) is 25.1 Å². The monoisotopic (exact) mass is 426 g/mol. The molecule has 1 amide bonds. The number of anilines is 1. The second kappa shape index (κ2) is 9.07. The average Bonchev–Trinajstić information content (AvgIpc) is 2.68. The third-order valence-corrected chi connectivity index (χ3v) is 6.97. The third-order valence-electron chi connectivity index (χ3n) is 3.90. The second-order valence-corrected chi connectivity index (χ2v) is 9.98. The Kier molecular flexibility index (Phi) is 7.03. The van der Waals surface area contributed by atoms with Crippen molar-refractivity contribution < 1.29 is 26.4 Å². The molecule has 2 aromatic carbocycles. The number of hydrogen-bond acceptors (Lipinski definition) is 6. The summed E-state index contributed by atoms with van der Waals surface area (Å²) >= 11 is 0. The summed E-state index contributed by atoms with van der Waals surface area (Å²) in [6.07, 6.45) is 0. The molecule has 0 bridgehead atoms. The molecule has 0 radical (unpaired) electrons. The standard InChI is InChI=1S/C18H22N2O6S2/c1-3-27(22,23)12-11-19-18(21)14-7-6-8-15(13-14)28(24,25)20-16-9-4-5-10-17(16)26-2/h4-10,13,20H,3,11-12H2,1-2H3,(H,19,21). The van der Waals surface area contributed by atoms with Crippen molar-refractivity contribution in [1.82, 2.24) is 5.32 Å². The van der Waals surface area contributed by atoms with Gasteiger partial charge in [0.1, 0.15) is 5.75 Å². The molecule has 2 rings (SSSR count). The first-order valence-corrected chi connectivity index (χ1v) is 11.7. The van der Waals surface area contributed by atoms with Gasteiger partial charge in [-0.15, -0.1) is 0 Å². The molecule has 0 aliphatic heterocycles. The average molecular weight is 427 g/mol. The van der Waals surface area contributed by atoms with Crippen molar-refractivity contribution in [3.05, 3.63) is 54.1 Å². The fraction of sp³-hybridized carbons (Fsp3) is 0.278. The van der Waals surface area contributed by atoms with Crippen molar-refractivity contribution in [3.8, 4) is 5.75 Å². The number of carbonyl (C=O) groups excluding carboxylic acids is 1. The molecule has 0 aliphatic rings. The number of para-hydroxylation sites is 2. The summed E-state index contributed by atoms with van der Waals surface area (Å²) in [6, 6.07) is 12.0. The van der Waals surface area contributed by atoms with E-state index in [0.717, 1.165) is 0 Å². The van der Waals surface area contributed by atoms with E-state index in [4.69, 9.17) is 4.74 Å². The lowest BCUT2D eigenvalue weighted by molar-refractivity contribution is 0.0956. The molecule has 2 N–H and O–H groups in total. The van der Waals surface area contributed by atoms with Gasteiger partial charge in [-0.25, -0.2) is 16.8 Å². The first-order chi connectivity index (χ1) is 13.2. The smallest absolute Gasteiger partial charge is 0.262 e. The minimum absolute atomic E-state index is 0.00871. The van der Waals surface area contributed by atoms with E-state index in [-0.39, 0.29) is 34.2 Å². The normalized spacial score (nSPS) is 11.6. The van der Waals surface area contributed by atoms with Crippen LogP contribution in [0.4, 0.5) is 5.69 Å². The van der Waals surface area contributed by atoms with Gasteiger partial charge >= 0.3 is 0 Å². The van der Waals surface area contributed by atoms with Crippen LogP contribution in [0.1, 0.15) is 17.3 Å². The Hall–Kier alpha value is -2.59. The van der Waals surface area contributed by atoms with Gasteiger partial charge in [0.05, 0.1) is 23.4 Å². The Balaban J connectivity index is 2.16. The molecule has 2 aromatic rings. The summed E-state index contributed by atoms with van der Waals surface area (Å²) in [5.74, 6) is -0.383. The molecule has 0 saturated carbocycles.